The summed E-state index contributed by atoms with van der Waals surface area (Å²) < 4.78 is 70.6. The molecule has 14 heavy (non-hydrogen) atoms. The molecule has 1 atom stereocenters. The molecule has 0 aliphatic carbocycles. The molecular formula is C11H15NO2. The average Bonchev–Trinajstić information content (AvgIpc) is 2.57. The van der Waals surface area contributed by atoms with Crippen LogP contribution in [-0.4, -0.2) is 19.8 Å². The summed E-state index contributed by atoms with van der Waals surface area (Å²) in [6, 6.07) is 2.11. The van der Waals surface area contributed by atoms with Gasteiger partial charge in [0.1, 0.15) is 4.15 Å². The van der Waals surface area contributed by atoms with Crippen molar-refractivity contribution in [3.63, 3.8) is 0 Å². The number of rotatable bonds is 3. The molecule has 1 aromatic rings. The molecule has 1 unspecified atom stereocenters. The summed E-state index contributed by atoms with van der Waals surface area (Å²) in [6.07, 6.45) is -2.38. The van der Waals surface area contributed by atoms with E-state index in [9.17, 15) is 0 Å². The summed E-state index contributed by atoms with van der Waals surface area (Å²) >= 11 is 0. The SMILES string of the molecule is [2H]N(C)C(C([2H])([2H])[2H])C([2H])([2H])c1ccc2c(c1)OC([2H])([2H])O2. The molecule has 3 nitrogen and oxygen atoms in total. The smallest absolute Gasteiger partial charge is 0.231 e. The number of ether oxygens (including phenoxy) is 2. The van der Waals surface area contributed by atoms with Crippen molar-refractivity contribution < 1.29 is 20.5 Å². The van der Waals surface area contributed by atoms with Gasteiger partial charge >= 0.3 is 0 Å². The van der Waals surface area contributed by atoms with Crippen molar-refractivity contribution in [2.45, 2.75) is 19.3 Å². The molecule has 1 heterocycles. The molecule has 3 heteroatoms. The van der Waals surface area contributed by atoms with Crippen molar-refractivity contribution in [3.8, 4) is 11.5 Å². The van der Waals surface area contributed by atoms with E-state index < -0.39 is 26.0 Å². The third-order valence-corrected chi connectivity index (χ3v) is 1.81. The highest BCUT2D eigenvalue weighted by molar-refractivity contribution is 5.44. The van der Waals surface area contributed by atoms with Gasteiger partial charge in [-0.05, 0) is 38.0 Å². The molecule has 1 N–H and O–H groups in total. The van der Waals surface area contributed by atoms with E-state index in [0.29, 0.717) is 5.31 Å². The lowest BCUT2D eigenvalue weighted by Crippen LogP contribution is -2.23. The van der Waals surface area contributed by atoms with E-state index in [1.165, 1.54) is 25.2 Å². The maximum Gasteiger partial charge on any atom is 0.231 e. The summed E-state index contributed by atoms with van der Waals surface area (Å²) in [5.74, 6) is 0.0949. The van der Waals surface area contributed by atoms with Crippen LogP contribution in [0.5, 0.6) is 11.5 Å². The van der Waals surface area contributed by atoms with Gasteiger partial charge in [-0.1, -0.05) is 6.07 Å². The second kappa shape index (κ2) is 3.88. The van der Waals surface area contributed by atoms with Crippen molar-refractivity contribution in [3.05, 3.63) is 23.8 Å². The molecule has 0 aromatic heterocycles. The van der Waals surface area contributed by atoms with Crippen molar-refractivity contribution in [1.82, 2.24) is 5.31 Å². The van der Waals surface area contributed by atoms with Crippen molar-refractivity contribution in [2.24, 2.45) is 0 Å². The van der Waals surface area contributed by atoms with Gasteiger partial charge in [0.2, 0.25) is 6.75 Å². The molecule has 0 fully saturated rings. The van der Waals surface area contributed by atoms with E-state index in [0.717, 1.165) is 0 Å². The van der Waals surface area contributed by atoms with E-state index in [2.05, 4.69) is 0 Å². The highest BCUT2D eigenvalue weighted by Crippen LogP contribution is 2.32. The van der Waals surface area contributed by atoms with Crippen LogP contribution in [0.3, 0.4) is 0 Å². The average molecular weight is 201 g/mol. The van der Waals surface area contributed by atoms with Crippen LogP contribution in [0.15, 0.2) is 18.2 Å². The maximum atomic E-state index is 8.13. The summed E-state index contributed by atoms with van der Waals surface area (Å²) in [5, 5.41) is 0.566. The van der Waals surface area contributed by atoms with Crippen LogP contribution < -0.4 is 14.8 Å². The molecule has 76 valence electrons. The van der Waals surface area contributed by atoms with Crippen LogP contribution in [-0.2, 0) is 6.37 Å². The van der Waals surface area contributed by atoms with Gasteiger partial charge in [0, 0.05) is 12.9 Å². The lowest BCUT2D eigenvalue weighted by molar-refractivity contribution is 0.174. The fraction of sp³-hybridized carbons (Fsp3) is 0.455. The first-order chi connectivity index (χ1) is 9.84. The molecule has 2 rings (SSSR count). The Kier molecular flexibility index (Phi) is 1.04. The number of nitrogens with one attached hydrogen (secondary N) is 1. The lowest BCUT2D eigenvalue weighted by Gasteiger charge is -2.09. The minimum Gasteiger partial charge on any atom is -0.454 e. The van der Waals surface area contributed by atoms with E-state index in [4.69, 9.17) is 20.5 Å². The fourth-order valence-electron chi connectivity index (χ4n) is 1.09. The monoisotopic (exact) mass is 201 g/mol. The van der Waals surface area contributed by atoms with Gasteiger partial charge < -0.3 is 14.8 Å². The second-order valence-corrected chi connectivity index (χ2v) is 2.75. The number of fused-ring (bicyclic) bond motifs is 1. The quantitative estimate of drug-likeness (QED) is 0.805. The zero-order valence-electron chi connectivity index (χ0n) is 15.6. The number of benzene rings is 1. The summed E-state index contributed by atoms with van der Waals surface area (Å²) in [6.45, 7) is -5.06. The Morgan fingerprint density at radius 1 is 1.71 bits per heavy atom. The molecule has 0 saturated heterocycles. The Labute approximate surface area is 95.3 Å². The van der Waals surface area contributed by atoms with Crippen LogP contribution in [0, 0.1) is 0 Å². The summed E-state index contributed by atoms with van der Waals surface area (Å²) in [4.78, 5) is 0. The first-order valence-electron chi connectivity index (χ1n) is 8.03. The Bertz CT molecular complexity index is 572. The van der Waals surface area contributed by atoms with Gasteiger partial charge in [-0.3, -0.25) is 0 Å². The van der Waals surface area contributed by atoms with Crippen molar-refractivity contribution >= 4 is 0 Å². The zero-order chi connectivity index (χ0) is 16.9. The molecule has 1 aliphatic heterocycles. The molecule has 1 aliphatic rings. The van der Waals surface area contributed by atoms with Crippen molar-refractivity contribution in [1.29, 1.82) is 0 Å². The van der Waals surface area contributed by atoms with Gasteiger partial charge in [-0.25, -0.2) is 0 Å². The standard InChI is InChI=1S/C11H15NO2/c1-8(12-2)5-9-3-4-10-11(6-9)14-7-13-10/h3-4,6,8,12H,5,7H2,1-2H3/i1D3,5D2,7D2/hD. The van der Waals surface area contributed by atoms with Crippen molar-refractivity contribution in [2.75, 3.05) is 13.8 Å². The van der Waals surface area contributed by atoms with Crippen LogP contribution in [0.1, 0.15) is 22.0 Å². The minimum absolute atomic E-state index is 0.0108. The Morgan fingerprint density at radius 2 is 2.57 bits per heavy atom. The van der Waals surface area contributed by atoms with E-state index in [-0.39, 0.29) is 17.1 Å². The van der Waals surface area contributed by atoms with E-state index in [1.54, 1.807) is 0 Å². The second-order valence-electron chi connectivity index (χ2n) is 2.75. The number of hydrogen-bond acceptors (Lipinski definition) is 3. The molecule has 0 saturated carbocycles. The van der Waals surface area contributed by atoms with E-state index >= 15 is 0 Å². The van der Waals surface area contributed by atoms with Gasteiger partial charge in [-0.2, -0.15) is 0 Å². The fourth-order valence-corrected chi connectivity index (χ4v) is 1.09. The number of hydrogen-bond donors (Lipinski definition) is 1. The first kappa shape index (κ1) is 3.74. The predicted molar refractivity (Wildman–Crippen MR) is 54.8 cm³/mol. The first-order valence-corrected chi connectivity index (χ1v) is 4.09. The molecule has 1 aromatic carbocycles. The number of likely N-dealkylation sites (N-methyl/N-ethyl adjacent to an activating group) is 1. The van der Waals surface area contributed by atoms with Gasteiger partial charge in [-0.15, -0.1) is 0 Å². The zero-order valence-corrected chi connectivity index (χ0v) is 7.57. The predicted octanol–water partition coefficient (Wildman–Crippen LogP) is 1.57. The molecule has 0 spiro atoms. The largest absolute Gasteiger partial charge is 0.454 e. The summed E-state index contributed by atoms with van der Waals surface area (Å²) in [7, 11) is 1.17. The van der Waals surface area contributed by atoms with Gasteiger partial charge in [0.05, 0.1) is 0 Å². The molecule has 0 radical (unpaired) electrons. The minimum atomic E-state index is -2.72. The topological polar surface area (TPSA) is 30.5 Å². The van der Waals surface area contributed by atoms with E-state index in [1.807, 2.05) is 0 Å². The Hall–Kier alpha value is -1.22. The highest BCUT2D eigenvalue weighted by atomic mass is 16.7. The maximum absolute atomic E-state index is 8.13. The molecular weight excluding hydrogens is 178 g/mol. The third kappa shape index (κ3) is 1.82. The van der Waals surface area contributed by atoms with Gasteiger partial charge in [0.15, 0.2) is 11.5 Å². The highest BCUT2D eigenvalue weighted by Gasteiger charge is 2.13. The third-order valence-electron chi connectivity index (χ3n) is 1.81. The Morgan fingerprint density at radius 3 is 3.36 bits per heavy atom. The van der Waals surface area contributed by atoms with Crippen LogP contribution >= 0.6 is 0 Å². The lowest BCUT2D eigenvalue weighted by atomic mass is 10.1. The normalized spacial score (nSPS) is 29.9. The Balaban J connectivity index is 2.43. The molecule has 0 bridgehead atoms. The molecule has 0 amide bonds. The van der Waals surface area contributed by atoms with Crippen LogP contribution in [0.2, 0.25) is 1.41 Å². The van der Waals surface area contributed by atoms with Crippen LogP contribution in [0.25, 0.3) is 0 Å². The van der Waals surface area contributed by atoms with Crippen LogP contribution in [0.4, 0.5) is 0 Å². The summed E-state index contributed by atoms with van der Waals surface area (Å²) in [5.41, 5.74) is -0.0345. The van der Waals surface area contributed by atoms with Gasteiger partial charge in [0.25, 0.3) is 0 Å².